The predicted molar refractivity (Wildman–Crippen MR) is 108 cm³/mol. The highest BCUT2D eigenvalue weighted by molar-refractivity contribution is 7.89. The van der Waals surface area contributed by atoms with E-state index in [4.69, 9.17) is 10.3 Å². The van der Waals surface area contributed by atoms with Crippen LogP contribution in [0.5, 0.6) is 0 Å². The van der Waals surface area contributed by atoms with Gasteiger partial charge in [0.25, 0.3) is 0 Å². The zero-order valence-corrected chi connectivity index (χ0v) is 17.0. The first-order valence-corrected chi connectivity index (χ1v) is 10.7. The molecule has 9 heteroatoms. The standard InChI is InChI=1S/C20H22N4O4S/c1-12-3-4-16(29(26,27)24-6-5-15(25)11-24)9-17(12)14-8-18(20(21)22-10-14)19-7-13(2)23-28-19/h3-4,7-10,15,25H,5-6,11H2,1-2H3,(H2,21,22). The molecule has 29 heavy (non-hydrogen) atoms. The number of aromatic nitrogens is 2. The van der Waals surface area contributed by atoms with Crippen LogP contribution >= 0.6 is 0 Å². The van der Waals surface area contributed by atoms with Crippen molar-refractivity contribution in [2.45, 2.75) is 31.3 Å². The largest absolute Gasteiger partial charge is 0.392 e. The van der Waals surface area contributed by atoms with Crippen LogP contribution in [-0.4, -0.2) is 47.2 Å². The summed E-state index contributed by atoms with van der Waals surface area (Å²) in [5, 5.41) is 13.6. The maximum atomic E-state index is 13.0. The molecule has 1 fully saturated rings. The number of hydrogen-bond donors (Lipinski definition) is 2. The van der Waals surface area contributed by atoms with Crippen molar-refractivity contribution in [2.75, 3.05) is 18.8 Å². The Hall–Kier alpha value is -2.75. The Morgan fingerprint density at radius 1 is 1.21 bits per heavy atom. The number of β-amino-alcohol motifs (C(OH)–C–C–N with tert-alkyl or cyclic N) is 1. The highest BCUT2D eigenvalue weighted by atomic mass is 32.2. The van der Waals surface area contributed by atoms with E-state index in [0.29, 0.717) is 30.1 Å². The molecular formula is C20H22N4O4S. The molecule has 0 saturated carbocycles. The molecule has 1 aromatic carbocycles. The molecule has 1 aliphatic heterocycles. The topological polar surface area (TPSA) is 123 Å². The van der Waals surface area contributed by atoms with Crippen molar-refractivity contribution in [3.63, 3.8) is 0 Å². The van der Waals surface area contributed by atoms with Crippen LogP contribution in [0.25, 0.3) is 22.5 Å². The quantitative estimate of drug-likeness (QED) is 0.672. The number of nitrogen functional groups attached to an aromatic ring is 1. The molecule has 3 aromatic rings. The smallest absolute Gasteiger partial charge is 0.243 e. The zero-order chi connectivity index (χ0) is 20.8. The Morgan fingerprint density at radius 2 is 2.00 bits per heavy atom. The summed E-state index contributed by atoms with van der Waals surface area (Å²) in [6.45, 7) is 4.14. The predicted octanol–water partition coefficient (Wildman–Crippen LogP) is 2.36. The second-order valence-electron chi connectivity index (χ2n) is 7.27. The van der Waals surface area contributed by atoms with Gasteiger partial charge in [0.05, 0.1) is 22.3 Å². The monoisotopic (exact) mass is 414 g/mol. The summed E-state index contributed by atoms with van der Waals surface area (Å²) in [5.41, 5.74) is 9.69. The number of anilines is 1. The van der Waals surface area contributed by atoms with Gasteiger partial charge in [-0.3, -0.25) is 0 Å². The highest BCUT2D eigenvalue weighted by Crippen LogP contribution is 2.33. The SMILES string of the molecule is Cc1cc(-c2cc(-c3cc(S(=O)(=O)N4CCC(O)C4)ccc3C)cnc2N)on1. The minimum atomic E-state index is -3.69. The second kappa shape index (κ2) is 7.25. The molecule has 0 radical (unpaired) electrons. The maximum Gasteiger partial charge on any atom is 0.243 e. The van der Waals surface area contributed by atoms with E-state index >= 15 is 0 Å². The lowest BCUT2D eigenvalue weighted by Gasteiger charge is -2.17. The van der Waals surface area contributed by atoms with Gasteiger partial charge in [0.15, 0.2) is 5.76 Å². The maximum absolute atomic E-state index is 13.0. The van der Waals surface area contributed by atoms with E-state index in [0.717, 1.165) is 22.4 Å². The van der Waals surface area contributed by atoms with Gasteiger partial charge >= 0.3 is 0 Å². The lowest BCUT2D eigenvalue weighted by molar-refractivity contribution is 0.189. The first-order valence-electron chi connectivity index (χ1n) is 9.24. The fraction of sp³-hybridized carbons (Fsp3) is 0.300. The van der Waals surface area contributed by atoms with E-state index in [9.17, 15) is 13.5 Å². The molecule has 0 spiro atoms. The van der Waals surface area contributed by atoms with Crippen molar-refractivity contribution < 1.29 is 18.0 Å². The molecular weight excluding hydrogens is 392 g/mol. The lowest BCUT2D eigenvalue weighted by atomic mass is 10.00. The van der Waals surface area contributed by atoms with Crippen LogP contribution in [0.3, 0.4) is 0 Å². The molecule has 3 N–H and O–H groups in total. The number of pyridine rings is 1. The van der Waals surface area contributed by atoms with E-state index in [1.54, 1.807) is 30.5 Å². The number of rotatable bonds is 4. The van der Waals surface area contributed by atoms with E-state index in [-0.39, 0.29) is 11.4 Å². The first kappa shape index (κ1) is 19.6. The number of aryl methyl sites for hydroxylation is 2. The van der Waals surface area contributed by atoms with Crippen molar-refractivity contribution in [1.29, 1.82) is 0 Å². The van der Waals surface area contributed by atoms with Gasteiger partial charge in [0.2, 0.25) is 10.0 Å². The van der Waals surface area contributed by atoms with Crippen molar-refractivity contribution in [3.8, 4) is 22.5 Å². The van der Waals surface area contributed by atoms with Crippen molar-refractivity contribution >= 4 is 15.8 Å². The molecule has 1 saturated heterocycles. The minimum Gasteiger partial charge on any atom is -0.392 e. The van der Waals surface area contributed by atoms with Crippen molar-refractivity contribution in [2.24, 2.45) is 0 Å². The van der Waals surface area contributed by atoms with Gasteiger partial charge < -0.3 is 15.4 Å². The number of nitrogens with two attached hydrogens (primary N) is 1. The summed E-state index contributed by atoms with van der Waals surface area (Å²) >= 11 is 0. The normalized spacial score (nSPS) is 17.7. The minimum absolute atomic E-state index is 0.115. The number of aliphatic hydroxyl groups is 1. The average Bonchev–Trinajstić information content (AvgIpc) is 3.31. The number of nitrogens with zero attached hydrogens (tertiary/aromatic N) is 3. The summed E-state index contributed by atoms with van der Waals surface area (Å²) in [4.78, 5) is 4.44. The van der Waals surface area contributed by atoms with Crippen LogP contribution < -0.4 is 5.73 Å². The zero-order valence-electron chi connectivity index (χ0n) is 16.2. The summed E-state index contributed by atoms with van der Waals surface area (Å²) in [7, 11) is -3.69. The van der Waals surface area contributed by atoms with E-state index in [1.165, 1.54) is 4.31 Å². The molecule has 0 aliphatic carbocycles. The van der Waals surface area contributed by atoms with Crippen LogP contribution in [0.1, 0.15) is 17.7 Å². The number of hydrogen-bond acceptors (Lipinski definition) is 7. The Morgan fingerprint density at radius 3 is 2.66 bits per heavy atom. The van der Waals surface area contributed by atoms with E-state index in [2.05, 4.69) is 10.1 Å². The fourth-order valence-electron chi connectivity index (χ4n) is 3.46. The molecule has 3 heterocycles. The molecule has 4 rings (SSSR count). The summed E-state index contributed by atoms with van der Waals surface area (Å²) in [6.07, 6.45) is 1.43. The van der Waals surface area contributed by atoms with Gasteiger partial charge in [0.1, 0.15) is 5.82 Å². The van der Waals surface area contributed by atoms with Crippen LogP contribution in [0.4, 0.5) is 5.82 Å². The second-order valence-corrected chi connectivity index (χ2v) is 9.21. The third-order valence-corrected chi connectivity index (χ3v) is 6.96. The van der Waals surface area contributed by atoms with Crippen molar-refractivity contribution in [3.05, 3.63) is 47.8 Å². The van der Waals surface area contributed by atoms with Crippen LogP contribution in [-0.2, 0) is 10.0 Å². The summed E-state index contributed by atoms with van der Waals surface area (Å²) in [5.74, 6) is 0.805. The van der Waals surface area contributed by atoms with Gasteiger partial charge in [0, 0.05) is 30.9 Å². The highest BCUT2D eigenvalue weighted by Gasteiger charge is 2.32. The Balaban J connectivity index is 1.77. The summed E-state index contributed by atoms with van der Waals surface area (Å²) in [6, 6.07) is 8.58. The Kier molecular flexibility index (Phi) is 4.89. The van der Waals surface area contributed by atoms with Crippen molar-refractivity contribution in [1.82, 2.24) is 14.4 Å². The van der Waals surface area contributed by atoms with Crippen LogP contribution in [0, 0.1) is 13.8 Å². The van der Waals surface area contributed by atoms with E-state index < -0.39 is 16.1 Å². The fourth-order valence-corrected chi connectivity index (χ4v) is 4.98. The number of sulfonamides is 1. The molecule has 1 aliphatic rings. The molecule has 1 unspecified atom stereocenters. The number of aliphatic hydroxyl groups excluding tert-OH is 1. The molecule has 8 nitrogen and oxygen atoms in total. The molecule has 1 atom stereocenters. The van der Waals surface area contributed by atoms with Crippen LogP contribution in [0.15, 0.2) is 45.9 Å². The average molecular weight is 414 g/mol. The Bertz CT molecular complexity index is 1170. The summed E-state index contributed by atoms with van der Waals surface area (Å²) < 4.78 is 32.6. The molecule has 0 amide bonds. The van der Waals surface area contributed by atoms with Gasteiger partial charge in [-0.15, -0.1) is 0 Å². The lowest BCUT2D eigenvalue weighted by Crippen LogP contribution is -2.29. The number of benzene rings is 1. The van der Waals surface area contributed by atoms with Gasteiger partial charge in [-0.1, -0.05) is 11.2 Å². The van der Waals surface area contributed by atoms with Gasteiger partial charge in [-0.25, -0.2) is 13.4 Å². The van der Waals surface area contributed by atoms with Crippen LogP contribution in [0.2, 0.25) is 0 Å². The third kappa shape index (κ3) is 3.64. The Labute approximate surface area is 169 Å². The molecule has 2 aromatic heterocycles. The first-order chi connectivity index (χ1) is 13.8. The van der Waals surface area contributed by atoms with Gasteiger partial charge in [-0.05, 0) is 49.6 Å². The van der Waals surface area contributed by atoms with Gasteiger partial charge in [-0.2, -0.15) is 4.31 Å². The third-order valence-electron chi connectivity index (χ3n) is 5.10. The van der Waals surface area contributed by atoms with E-state index in [1.807, 2.05) is 19.9 Å². The molecule has 152 valence electrons. The molecule has 0 bridgehead atoms.